The molecular weight excluding hydrogens is 350 g/mol. The molecule has 3 nitrogen and oxygen atoms in total. The number of benzene rings is 2. The van der Waals surface area contributed by atoms with Crippen LogP contribution in [0.25, 0.3) is 10.9 Å². The Kier molecular flexibility index (Phi) is 3.63. The van der Waals surface area contributed by atoms with E-state index in [9.17, 15) is 8.42 Å². The van der Waals surface area contributed by atoms with Crippen LogP contribution in [0.15, 0.2) is 58.0 Å². The molecule has 0 saturated heterocycles. The Labute approximate surface area is 132 Å². The summed E-state index contributed by atoms with van der Waals surface area (Å²) in [6.45, 7) is 1.94. The second-order valence-electron chi connectivity index (χ2n) is 5.08. The average Bonchev–Trinajstić information content (AvgIpc) is 2.81. The van der Waals surface area contributed by atoms with Crippen LogP contribution in [0.1, 0.15) is 11.1 Å². The Balaban J connectivity index is 2.01. The van der Waals surface area contributed by atoms with Gasteiger partial charge in [-0.3, -0.25) is 0 Å². The third-order valence-corrected chi connectivity index (χ3v) is 5.63. The zero-order valence-electron chi connectivity index (χ0n) is 11.4. The van der Waals surface area contributed by atoms with Crippen molar-refractivity contribution in [3.63, 3.8) is 0 Å². The summed E-state index contributed by atoms with van der Waals surface area (Å²) < 4.78 is 26.0. The largest absolute Gasteiger partial charge is 0.361 e. The molecule has 0 aliphatic heterocycles. The highest BCUT2D eigenvalue weighted by Gasteiger charge is 2.17. The van der Waals surface area contributed by atoms with E-state index in [0.717, 1.165) is 26.5 Å². The lowest BCUT2D eigenvalue weighted by Gasteiger charge is -2.04. The van der Waals surface area contributed by atoms with Gasteiger partial charge in [0.1, 0.15) is 0 Å². The van der Waals surface area contributed by atoms with Gasteiger partial charge < -0.3 is 4.98 Å². The number of H-pyrrole nitrogens is 1. The minimum atomic E-state index is -3.34. The fourth-order valence-electron chi connectivity index (χ4n) is 2.30. The van der Waals surface area contributed by atoms with E-state index in [4.69, 9.17) is 0 Å². The molecule has 2 aromatic carbocycles. The Morgan fingerprint density at radius 3 is 2.52 bits per heavy atom. The van der Waals surface area contributed by atoms with Crippen LogP contribution in [0.4, 0.5) is 0 Å². The maximum Gasteiger partial charge on any atom is 0.182 e. The summed E-state index contributed by atoms with van der Waals surface area (Å²) in [6.07, 6.45) is 1.77. The monoisotopic (exact) mass is 363 g/mol. The number of rotatable bonds is 3. The van der Waals surface area contributed by atoms with Crippen LogP contribution in [-0.4, -0.2) is 13.4 Å². The van der Waals surface area contributed by atoms with Crippen molar-refractivity contribution in [2.75, 3.05) is 0 Å². The fourth-order valence-corrected chi connectivity index (χ4v) is 4.03. The standard InChI is InChI=1S/C16H14BrNO2S/c1-11-2-5-14(6-3-11)21(19,20)10-12-9-18-16-7-4-13(17)8-15(12)16/h2-9,18H,10H2,1H3. The van der Waals surface area contributed by atoms with Crippen molar-refractivity contribution in [2.45, 2.75) is 17.6 Å². The minimum absolute atomic E-state index is 0.00743. The smallest absolute Gasteiger partial charge is 0.182 e. The van der Waals surface area contributed by atoms with Gasteiger partial charge >= 0.3 is 0 Å². The molecular formula is C16H14BrNO2S. The Morgan fingerprint density at radius 1 is 1.10 bits per heavy atom. The molecule has 5 heteroatoms. The van der Waals surface area contributed by atoms with Gasteiger partial charge in [0.2, 0.25) is 0 Å². The van der Waals surface area contributed by atoms with Crippen LogP contribution in [-0.2, 0) is 15.6 Å². The lowest BCUT2D eigenvalue weighted by molar-refractivity contribution is 0.595. The van der Waals surface area contributed by atoms with E-state index in [1.165, 1.54) is 0 Å². The number of sulfone groups is 1. The SMILES string of the molecule is Cc1ccc(S(=O)(=O)Cc2c[nH]c3ccc(Br)cc23)cc1. The molecule has 0 saturated carbocycles. The van der Waals surface area contributed by atoms with Crippen LogP contribution >= 0.6 is 15.9 Å². The molecule has 0 unspecified atom stereocenters. The Bertz CT molecular complexity index is 896. The summed E-state index contributed by atoms with van der Waals surface area (Å²) in [5.41, 5.74) is 2.77. The van der Waals surface area contributed by atoms with E-state index >= 15 is 0 Å². The molecule has 108 valence electrons. The van der Waals surface area contributed by atoms with Crippen molar-refractivity contribution >= 4 is 36.7 Å². The maximum atomic E-state index is 12.5. The van der Waals surface area contributed by atoms with Crippen molar-refractivity contribution in [1.82, 2.24) is 4.98 Å². The van der Waals surface area contributed by atoms with Gasteiger partial charge in [-0.05, 0) is 42.8 Å². The number of aryl methyl sites for hydroxylation is 1. The molecule has 0 fully saturated rings. The Morgan fingerprint density at radius 2 is 1.81 bits per heavy atom. The van der Waals surface area contributed by atoms with Gasteiger partial charge in [0.15, 0.2) is 9.84 Å². The number of halogens is 1. The highest BCUT2D eigenvalue weighted by atomic mass is 79.9. The number of nitrogens with one attached hydrogen (secondary N) is 1. The van der Waals surface area contributed by atoms with Crippen molar-refractivity contribution in [1.29, 1.82) is 0 Å². The predicted molar refractivity (Wildman–Crippen MR) is 88.1 cm³/mol. The zero-order valence-corrected chi connectivity index (χ0v) is 13.8. The molecule has 0 spiro atoms. The van der Waals surface area contributed by atoms with Crippen LogP contribution in [0, 0.1) is 6.92 Å². The van der Waals surface area contributed by atoms with Crippen LogP contribution in [0.5, 0.6) is 0 Å². The number of aromatic amines is 1. The first-order valence-corrected chi connectivity index (χ1v) is 8.95. The predicted octanol–water partition coefficient (Wildman–Crippen LogP) is 4.21. The first-order chi connectivity index (χ1) is 9.95. The van der Waals surface area contributed by atoms with Crippen molar-refractivity contribution < 1.29 is 8.42 Å². The molecule has 0 aliphatic rings. The second kappa shape index (κ2) is 5.31. The summed E-state index contributed by atoms with van der Waals surface area (Å²) in [6, 6.07) is 12.8. The first-order valence-electron chi connectivity index (χ1n) is 6.51. The molecule has 0 bridgehead atoms. The third-order valence-electron chi connectivity index (χ3n) is 3.46. The van der Waals surface area contributed by atoms with Gasteiger partial charge in [0, 0.05) is 21.6 Å². The molecule has 3 rings (SSSR count). The number of fused-ring (bicyclic) bond motifs is 1. The topological polar surface area (TPSA) is 49.9 Å². The normalized spacial score (nSPS) is 11.9. The lowest BCUT2D eigenvalue weighted by Crippen LogP contribution is -2.04. The minimum Gasteiger partial charge on any atom is -0.361 e. The van der Waals surface area contributed by atoms with Crippen LogP contribution in [0.2, 0.25) is 0 Å². The van der Waals surface area contributed by atoms with Gasteiger partial charge in [0.25, 0.3) is 0 Å². The summed E-state index contributed by atoms with van der Waals surface area (Å²) in [4.78, 5) is 3.47. The van der Waals surface area contributed by atoms with Gasteiger partial charge in [-0.15, -0.1) is 0 Å². The van der Waals surface area contributed by atoms with Crippen LogP contribution < -0.4 is 0 Å². The first kappa shape index (κ1) is 14.4. The molecule has 1 aromatic heterocycles. The third kappa shape index (κ3) is 2.89. The quantitative estimate of drug-likeness (QED) is 0.757. The zero-order chi connectivity index (χ0) is 15.0. The summed E-state index contributed by atoms with van der Waals surface area (Å²) in [7, 11) is -3.34. The highest BCUT2D eigenvalue weighted by molar-refractivity contribution is 9.10. The maximum absolute atomic E-state index is 12.5. The molecule has 0 atom stereocenters. The van der Waals surface area contributed by atoms with E-state index < -0.39 is 9.84 Å². The van der Waals surface area contributed by atoms with Crippen molar-refractivity contribution in [2.24, 2.45) is 0 Å². The molecule has 21 heavy (non-hydrogen) atoms. The number of hydrogen-bond donors (Lipinski definition) is 1. The average molecular weight is 364 g/mol. The summed E-state index contributed by atoms with van der Waals surface area (Å²) >= 11 is 3.42. The van der Waals surface area contributed by atoms with Gasteiger partial charge in [-0.25, -0.2) is 8.42 Å². The molecule has 0 amide bonds. The van der Waals surface area contributed by atoms with Gasteiger partial charge in [-0.1, -0.05) is 33.6 Å². The molecule has 1 heterocycles. The van der Waals surface area contributed by atoms with Gasteiger partial charge in [0.05, 0.1) is 10.6 Å². The Hall–Kier alpha value is -1.59. The van der Waals surface area contributed by atoms with Crippen molar-refractivity contribution in [3.05, 3.63) is 64.3 Å². The molecule has 0 aliphatic carbocycles. The summed E-state index contributed by atoms with van der Waals surface area (Å²) in [5, 5.41) is 0.931. The molecule has 0 radical (unpaired) electrons. The van der Waals surface area contributed by atoms with E-state index in [2.05, 4.69) is 20.9 Å². The van der Waals surface area contributed by atoms with Gasteiger partial charge in [-0.2, -0.15) is 0 Å². The van der Waals surface area contributed by atoms with Crippen LogP contribution in [0.3, 0.4) is 0 Å². The highest BCUT2D eigenvalue weighted by Crippen LogP contribution is 2.26. The fraction of sp³-hybridized carbons (Fsp3) is 0.125. The number of hydrogen-bond acceptors (Lipinski definition) is 2. The molecule has 3 aromatic rings. The van der Waals surface area contributed by atoms with E-state index in [-0.39, 0.29) is 5.75 Å². The van der Waals surface area contributed by atoms with E-state index in [1.807, 2.05) is 37.3 Å². The number of aromatic nitrogens is 1. The second-order valence-corrected chi connectivity index (χ2v) is 7.98. The van der Waals surface area contributed by atoms with E-state index in [0.29, 0.717) is 4.90 Å². The van der Waals surface area contributed by atoms with Crippen molar-refractivity contribution in [3.8, 4) is 0 Å². The lowest BCUT2D eigenvalue weighted by atomic mass is 10.2. The summed E-state index contributed by atoms with van der Waals surface area (Å²) in [5.74, 6) is -0.00743. The molecule has 1 N–H and O–H groups in total. The van der Waals surface area contributed by atoms with E-state index in [1.54, 1.807) is 18.3 Å².